The van der Waals surface area contributed by atoms with Gasteiger partial charge in [-0.1, -0.05) is 47.2 Å². The molecule has 32 heavy (non-hydrogen) atoms. The molecule has 5 rings (SSSR count). The summed E-state index contributed by atoms with van der Waals surface area (Å²) < 4.78 is 5.99. The van der Waals surface area contributed by atoms with Gasteiger partial charge < -0.3 is 15.8 Å². The van der Waals surface area contributed by atoms with Gasteiger partial charge in [0.2, 0.25) is 0 Å². The Kier molecular flexibility index (Phi) is 6.37. The summed E-state index contributed by atoms with van der Waals surface area (Å²) in [6.07, 6.45) is 6.62. The number of fused-ring (bicyclic) bond motifs is 1. The van der Waals surface area contributed by atoms with Gasteiger partial charge in [-0.2, -0.15) is 0 Å². The number of ether oxygens (including phenoxy) is 1. The Hall–Kier alpha value is -2.51. The third kappa shape index (κ3) is 4.79. The second-order valence-electron chi connectivity index (χ2n) is 8.14. The van der Waals surface area contributed by atoms with Crippen LogP contribution < -0.4 is 11.1 Å². The minimum absolute atomic E-state index is 0.0251. The van der Waals surface area contributed by atoms with E-state index in [1.807, 2.05) is 42.7 Å². The molecule has 2 atom stereocenters. The average molecular weight is 465 g/mol. The number of anilines is 1. The van der Waals surface area contributed by atoms with E-state index in [2.05, 4.69) is 28.5 Å². The molecule has 0 bridgehead atoms. The summed E-state index contributed by atoms with van der Waals surface area (Å²) in [5.41, 5.74) is 9.74. The predicted molar refractivity (Wildman–Crippen MR) is 132 cm³/mol. The molecule has 2 aromatic carbocycles. The smallest absolute Gasteiger partial charge is 0.183 e. The van der Waals surface area contributed by atoms with Gasteiger partial charge in [0.15, 0.2) is 5.13 Å². The van der Waals surface area contributed by atoms with E-state index < -0.39 is 0 Å². The Morgan fingerprint density at radius 1 is 1.16 bits per heavy atom. The molecule has 0 spiro atoms. The van der Waals surface area contributed by atoms with Crippen molar-refractivity contribution in [2.45, 2.75) is 31.4 Å². The van der Waals surface area contributed by atoms with Crippen LogP contribution in [-0.4, -0.2) is 29.2 Å². The Morgan fingerprint density at radius 2 is 2.03 bits per heavy atom. The molecule has 1 fully saturated rings. The first kappa shape index (κ1) is 21.3. The molecule has 7 heteroatoms. The van der Waals surface area contributed by atoms with E-state index in [-0.39, 0.29) is 12.1 Å². The molecule has 0 saturated carbocycles. The van der Waals surface area contributed by atoms with Crippen LogP contribution in [0.25, 0.3) is 21.2 Å². The van der Waals surface area contributed by atoms with Crippen LogP contribution in [0, 0.1) is 0 Å². The van der Waals surface area contributed by atoms with Crippen molar-refractivity contribution < 1.29 is 4.74 Å². The van der Waals surface area contributed by atoms with E-state index in [1.54, 1.807) is 11.3 Å². The molecule has 0 amide bonds. The van der Waals surface area contributed by atoms with Crippen LogP contribution in [0.3, 0.4) is 0 Å². The molecule has 2 aromatic heterocycles. The number of pyridine rings is 1. The van der Waals surface area contributed by atoms with Crippen molar-refractivity contribution in [3.8, 4) is 10.4 Å². The lowest BCUT2D eigenvalue weighted by Gasteiger charge is -2.12. The van der Waals surface area contributed by atoms with E-state index in [9.17, 15) is 0 Å². The summed E-state index contributed by atoms with van der Waals surface area (Å²) in [5, 5.41) is 7.38. The highest BCUT2D eigenvalue weighted by Gasteiger charge is 2.26. The average Bonchev–Trinajstić information content (AvgIpc) is 3.49. The van der Waals surface area contributed by atoms with E-state index in [0.717, 1.165) is 57.5 Å². The Bertz CT molecular complexity index is 1200. The maximum absolute atomic E-state index is 6.38. The van der Waals surface area contributed by atoms with Crippen LogP contribution in [0.1, 0.15) is 30.2 Å². The second-order valence-corrected chi connectivity index (χ2v) is 9.58. The molecular weight excluding hydrogens is 440 g/mol. The molecule has 0 aliphatic carbocycles. The van der Waals surface area contributed by atoms with Crippen LogP contribution in [0.2, 0.25) is 5.02 Å². The fourth-order valence-corrected chi connectivity index (χ4v) is 5.21. The number of nitrogens with two attached hydrogens (primary N) is 1. The predicted octanol–water partition coefficient (Wildman–Crippen LogP) is 5.85. The highest BCUT2D eigenvalue weighted by Crippen LogP contribution is 2.41. The maximum Gasteiger partial charge on any atom is 0.183 e. The monoisotopic (exact) mass is 464 g/mol. The normalized spacial score (nSPS) is 17.0. The SMILES string of the molecule is N[C@@H](CNc1nc(C2CCCO2)c(-c2ccc3cnccc3c2)s1)Cc1ccc(Cl)cc1. The molecule has 0 radical (unpaired) electrons. The zero-order valence-corrected chi connectivity index (χ0v) is 19.2. The number of aromatic nitrogens is 2. The van der Waals surface area contributed by atoms with E-state index in [4.69, 9.17) is 27.1 Å². The molecule has 1 aliphatic rings. The van der Waals surface area contributed by atoms with Gasteiger partial charge in [0.25, 0.3) is 0 Å². The molecule has 1 saturated heterocycles. The van der Waals surface area contributed by atoms with Crippen LogP contribution in [0.5, 0.6) is 0 Å². The Labute approximate surface area is 196 Å². The van der Waals surface area contributed by atoms with E-state index in [1.165, 1.54) is 10.9 Å². The fourth-order valence-electron chi connectivity index (χ4n) is 4.06. The first-order chi connectivity index (χ1) is 15.7. The minimum Gasteiger partial charge on any atom is -0.372 e. The zero-order valence-electron chi connectivity index (χ0n) is 17.6. The van der Waals surface area contributed by atoms with Gasteiger partial charge in [-0.05, 0) is 60.0 Å². The standard InChI is InChI=1S/C25H25ClN4OS/c26-20-7-3-16(4-8-20)12-21(27)15-29-25-30-23(22-2-1-11-31-22)24(32-25)18-5-6-19-14-28-10-9-17(19)13-18/h3-10,13-14,21-22H,1-2,11-12,15,27H2,(H,29,30)/t21-,22?/m1/s1. The summed E-state index contributed by atoms with van der Waals surface area (Å²) in [6.45, 7) is 1.43. The summed E-state index contributed by atoms with van der Waals surface area (Å²) in [7, 11) is 0. The maximum atomic E-state index is 6.38. The van der Waals surface area contributed by atoms with Crippen LogP contribution in [0.4, 0.5) is 5.13 Å². The Balaban J connectivity index is 1.36. The molecule has 4 aromatic rings. The van der Waals surface area contributed by atoms with Gasteiger partial charge in [-0.15, -0.1) is 0 Å². The fraction of sp³-hybridized carbons (Fsp3) is 0.280. The van der Waals surface area contributed by atoms with Gasteiger partial charge >= 0.3 is 0 Å². The van der Waals surface area contributed by atoms with Crippen molar-refractivity contribution in [3.05, 3.63) is 77.2 Å². The number of halogens is 1. The van der Waals surface area contributed by atoms with Crippen LogP contribution >= 0.6 is 22.9 Å². The third-order valence-corrected chi connectivity index (χ3v) is 7.05. The lowest BCUT2D eigenvalue weighted by Crippen LogP contribution is -2.31. The molecule has 3 heterocycles. The van der Waals surface area contributed by atoms with E-state index in [0.29, 0.717) is 6.54 Å². The highest BCUT2D eigenvalue weighted by atomic mass is 35.5. The van der Waals surface area contributed by atoms with Crippen molar-refractivity contribution in [1.29, 1.82) is 0 Å². The zero-order chi connectivity index (χ0) is 21.9. The summed E-state index contributed by atoms with van der Waals surface area (Å²) >= 11 is 7.65. The topological polar surface area (TPSA) is 73.1 Å². The molecule has 5 nitrogen and oxygen atoms in total. The number of thiazole rings is 1. The van der Waals surface area contributed by atoms with Crippen molar-refractivity contribution >= 4 is 38.8 Å². The lowest BCUT2D eigenvalue weighted by molar-refractivity contribution is 0.109. The lowest BCUT2D eigenvalue weighted by atomic mass is 10.0. The van der Waals surface area contributed by atoms with Crippen molar-refractivity contribution in [2.75, 3.05) is 18.5 Å². The van der Waals surface area contributed by atoms with Crippen molar-refractivity contribution in [2.24, 2.45) is 5.73 Å². The molecule has 1 aliphatic heterocycles. The van der Waals surface area contributed by atoms with Gasteiger partial charge in [0.1, 0.15) is 6.10 Å². The van der Waals surface area contributed by atoms with Crippen LogP contribution in [-0.2, 0) is 11.2 Å². The number of benzene rings is 2. The van der Waals surface area contributed by atoms with Gasteiger partial charge in [0.05, 0.1) is 10.6 Å². The summed E-state index contributed by atoms with van der Waals surface area (Å²) in [4.78, 5) is 10.3. The van der Waals surface area contributed by atoms with E-state index >= 15 is 0 Å². The number of nitrogens with zero attached hydrogens (tertiary/aromatic N) is 2. The van der Waals surface area contributed by atoms with Crippen LogP contribution in [0.15, 0.2) is 60.9 Å². The van der Waals surface area contributed by atoms with Crippen molar-refractivity contribution in [1.82, 2.24) is 9.97 Å². The van der Waals surface area contributed by atoms with Crippen molar-refractivity contribution in [3.63, 3.8) is 0 Å². The highest BCUT2D eigenvalue weighted by molar-refractivity contribution is 7.19. The largest absolute Gasteiger partial charge is 0.372 e. The first-order valence-electron chi connectivity index (χ1n) is 10.9. The number of hydrogen-bond acceptors (Lipinski definition) is 6. The number of rotatable bonds is 7. The number of nitrogens with one attached hydrogen (secondary N) is 1. The third-order valence-electron chi connectivity index (χ3n) is 5.72. The van der Waals surface area contributed by atoms with Gasteiger partial charge in [-0.3, -0.25) is 4.98 Å². The first-order valence-corrected chi connectivity index (χ1v) is 12.1. The molecular formula is C25H25ClN4OS. The number of hydrogen-bond donors (Lipinski definition) is 2. The van der Waals surface area contributed by atoms with Gasteiger partial charge in [-0.25, -0.2) is 4.98 Å². The quantitative estimate of drug-likeness (QED) is 0.359. The second kappa shape index (κ2) is 9.55. The minimum atomic E-state index is -0.0251. The molecule has 164 valence electrons. The summed E-state index contributed by atoms with van der Waals surface area (Å²) in [6, 6.07) is 16.3. The molecule has 3 N–H and O–H groups in total. The Morgan fingerprint density at radius 3 is 2.84 bits per heavy atom. The molecule has 1 unspecified atom stereocenters. The summed E-state index contributed by atoms with van der Waals surface area (Å²) in [5.74, 6) is 0. The van der Waals surface area contributed by atoms with Gasteiger partial charge in [0, 0.05) is 42.0 Å².